The number of nitrogens with one attached hydrogen (secondary N) is 1. The molecular weight excluding hydrogens is 406 g/mol. The number of hydrogen-bond acceptors (Lipinski definition) is 6. The van der Waals surface area contributed by atoms with Crippen LogP contribution in [-0.4, -0.2) is 28.9 Å². The van der Waals surface area contributed by atoms with Gasteiger partial charge in [-0.2, -0.15) is 4.98 Å². The summed E-state index contributed by atoms with van der Waals surface area (Å²) >= 11 is 4.56. The van der Waals surface area contributed by atoms with Crippen molar-refractivity contribution < 1.29 is 14.1 Å². The summed E-state index contributed by atoms with van der Waals surface area (Å²) in [5.41, 5.74) is 1.53. The third-order valence-corrected chi connectivity index (χ3v) is 4.56. The molecule has 0 fully saturated rings. The molecule has 1 amide bonds. The molecular formula is C17H14BrN3O3S. The summed E-state index contributed by atoms with van der Waals surface area (Å²) in [7, 11) is 1.61. The van der Waals surface area contributed by atoms with Crippen LogP contribution in [0.25, 0.3) is 11.5 Å². The molecule has 8 heteroatoms. The van der Waals surface area contributed by atoms with Gasteiger partial charge in [-0.15, -0.1) is 0 Å². The van der Waals surface area contributed by atoms with Gasteiger partial charge in [0.25, 0.3) is 5.89 Å². The van der Waals surface area contributed by atoms with E-state index in [0.717, 1.165) is 21.5 Å². The summed E-state index contributed by atoms with van der Waals surface area (Å²) in [6.45, 7) is 0. The second-order valence-corrected chi connectivity index (χ2v) is 6.81. The molecule has 0 saturated heterocycles. The largest absolute Gasteiger partial charge is 0.497 e. The first-order valence-electron chi connectivity index (χ1n) is 7.30. The Hall–Kier alpha value is -2.32. The average molecular weight is 420 g/mol. The van der Waals surface area contributed by atoms with Gasteiger partial charge < -0.3 is 14.6 Å². The van der Waals surface area contributed by atoms with E-state index in [1.165, 1.54) is 11.8 Å². The molecule has 25 heavy (non-hydrogen) atoms. The number of aromatic nitrogens is 2. The van der Waals surface area contributed by atoms with Crippen LogP contribution in [0.2, 0.25) is 0 Å². The number of ether oxygens (including phenoxy) is 1. The zero-order valence-electron chi connectivity index (χ0n) is 13.2. The Labute approximate surface area is 157 Å². The van der Waals surface area contributed by atoms with Crippen molar-refractivity contribution in [1.82, 2.24) is 10.1 Å². The molecule has 0 aliphatic rings. The van der Waals surface area contributed by atoms with Crippen LogP contribution >= 0.6 is 27.7 Å². The van der Waals surface area contributed by atoms with Crippen molar-refractivity contribution >= 4 is 39.3 Å². The number of rotatable bonds is 6. The Morgan fingerprint density at radius 2 is 1.92 bits per heavy atom. The lowest BCUT2D eigenvalue weighted by molar-refractivity contribution is -0.113. The van der Waals surface area contributed by atoms with Crippen LogP contribution in [0.1, 0.15) is 0 Å². The first kappa shape index (κ1) is 17.5. The molecule has 3 aromatic rings. The molecule has 0 aliphatic heterocycles. The van der Waals surface area contributed by atoms with Crippen LogP contribution in [0.4, 0.5) is 5.69 Å². The van der Waals surface area contributed by atoms with Gasteiger partial charge >= 0.3 is 0 Å². The van der Waals surface area contributed by atoms with Crippen molar-refractivity contribution in [2.75, 3.05) is 18.2 Å². The second-order valence-electron chi connectivity index (χ2n) is 4.95. The third kappa shape index (κ3) is 4.83. The molecule has 3 rings (SSSR count). The maximum absolute atomic E-state index is 12.0. The van der Waals surface area contributed by atoms with E-state index in [1.54, 1.807) is 7.11 Å². The Kier molecular flexibility index (Phi) is 5.72. The Morgan fingerprint density at radius 1 is 1.20 bits per heavy atom. The van der Waals surface area contributed by atoms with Gasteiger partial charge in [0.15, 0.2) is 0 Å². The summed E-state index contributed by atoms with van der Waals surface area (Å²) in [5.74, 6) is 1.21. The first-order valence-corrected chi connectivity index (χ1v) is 9.08. The Morgan fingerprint density at radius 3 is 2.60 bits per heavy atom. The van der Waals surface area contributed by atoms with E-state index in [4.69, 9.17) is 9.26 Å². The van der Waals surface area contributed by atoms with Crippen molar-refractivity contribution in [3.8, 4) is 17.2 Å². The van der Waals surface area contributed by atoms with Gasteiger partial charge in [-0.25, -0.2) is 0 Å². The Bertz CT molecular complexity index is 850. The zero-order valence-corrected chi connectivity index (χ0v) is 15.6. The number of methoxy groups -OCH3 is 1. The predicted molar refractivity (Wildman–Crippen MR) is 99.8 cm³/mol. The smallest absolute Gasteiger partial charge is 0.258 e. The van der Waals surface area contributed by atoms with Crippen molar-refractivity contribution in [2.45, 2.75) is 5.16 Å². The Balaban J connectivity index is 1.55. The average Bonchev–Trinajstić information content (AvgIpc) is 3.11. The van der Waals surface area contributed by atoms with Gasteiger partial charge in [0.1, 0.15) is 5.75 Å². The molecule has 1 aromatic heterocycles. The highest BCUT2D eigenvalue weighted by atomic mass is 79.9. The highest BCUT2D eigenvalue weighted by molar-refractivity contribution is 9.10. The SMILES string of the molecule is COc1ccc(-c2nc(SCC(=O)Nc3ccc(Br)cc3)no2)cc1. The number of benzene rings is 2. The van der Waals surface area contributed by atoms with Crippen molar-refractivity contribution in [3.05, 3.63) is 53.0 Å². The van der Waals surface area contributed by atoms with E-state index in [9.17, 15) is 4.79 Å². The van der Waals surface area contributed by atoms with Gasteiger partial charge in [0.05, 0.1) is 12.9 Å². The van der Waals surface area contributed by atoms with Crippen molar-refractivity contribution in [1.29, 1.82) is 0 Å². The van der Waals surface area contributed by atoms with Gasteiger partial charge in [-0.1, -0.05) is 27.7 Å². The van der Waals surface area contributed by atoms with Gasteiger partial charge in [0, 0.05) is 15.7 Å². The van der Waals surface area contributed by atoms with Crippen molar-refractivity contribution in [2.24, 2.45) is 0 Å². The molecule has 128 valence electrons. The summed E-state index contributed by atoms with van der Waals surface area (Å²) in [6.07, 6.45) is 0. The lowest BCUT2D eigenvalue weighted by Crippen LogP contribution is -2.13. The minimum atomic E-state index is -0.136. The van der Waals surface area contributed by atoms with E-state index in [1.807, 2.05) is 48.5 Å². The second kappa shape index (κ2) is 8.17. The molecule has 0 atom stereocenters. The number of anilines is 1. The maximum Gasteiger partial charge on any atom is 0.258 e. The number of carbonyl (C=O) groups is 1. The van der Waals surface area contributed by atoms with E-state index in [-0.39, 0.29) is 11.7 Å². The molecule has 0 radical (unpaired) electrons. The number of carbonyl (C=O) groups excluding carboxylic acids is 1. The van der Waals surface area contributed by atoms with E-state index in [0.29, 0.717) is 11.0 Å². The molecule has 0 spiro atoms. The van der Waals surface area contributed by atoms with Crippen LogP contribution in [0, 0.1) is 0 Å². The number of nitrogens with zero attached hydrogens (tertiary/aromatic N) is 2. The fraction of sp³-hybridized carbons (Fsp3) is 0.118. The van der Waals surface area contributed by atoms with Gasteiger partial charge in [-0.3, -0.25) is 4.79 Å². The maximum atomic E-state index is 12.0. The monoisotopic (exact) mass is 419 g/mol. The quantitative estimate of drug-likeness (QED) is 0.602. The van der Waals surface area contributed by atoms with E-state index >= 15 is 0 Å². The van der Waals surface area contributed by atoms with Crippen LogP contribution in [-0.2, 0) is 4.79 Å². The summed E-state index contributed by atoms with van der Waals surface area (Å²) in [6, 6.07) is 14.7. The van der Waals surface area contributed by atoms with Crippen LogP contribution in [0.3, 0.4) is 0 Å². The summed E-state index contributed by atoms with van der Waals surface area (Å²) < 4.78 is 11.3. The number of hydrogen-bond donors (Lipinski definition) is 1. The number of halogens is 1. The fourth-order valence-electron chi connectivity index (χ4n) is 1.98. The van der Waals surface area contributed by atoms with Crippen LogP contribution in [0.15, 0.2) is 62.7 Å². The fourth-order valence-corrected chi connectivity index (χ4v) is 2.81. The lowest BCUT2D eigenvalue weighted by atomic mass is 10.2. The van der Waals surface area contributed by atoms with Gasteiger partial charge in [0.2, 0.25) is 11.1 Å². The predicted octanol–water partition coefficient (Wildman–Crippen LogP) is 4.24. The molecule has 0 saturated carbocycles. The highest BCUT2D eigenvalue weighted by Gasteiger charge is 2.11. The molecule has 2 aromatic carbocycles. The molecule has 6 nitrogen and oxygen atoms in total. The number of amides is 1. The molecule has 1 N–H and O–H groups in total. The molecule has 0 aliphatic carbocycles. The summed E-state index contributed by atoms with van der Waals surface area (Å²) in [5, 5.41) is 7.11. The van der Waals surface area contributed by atoms with Crippen molar-refractivity contribution in [3.63, 3.8) is 0 Å². The van der Waals surface area contributed by atoms with Gasteiger partial charge in [-0.05, 0) is 53.7 Å². The third-order valence-electron chi connectivity index (χ3n) is 3.20. The van der Waals surface area contributed by atoms with E-state index < -0.39 is 0 Å². The zero-order chi connectivity index (χ0) is 17.6. The minimum absolute atomic E-state index is 0.136. The highest BCUT2D eigenvalue weighted by Crippen LogP contribution is 2.23. The van der Waals surface area contributed by atoms with Crippen LogP contribution in [0.5, 0.6) is 5.75 Å². The molecule has 1 heterocycles. The normalized spacial score (nSPS) is 10.5. The first-order chi connectivity index (χ1) is 12.1. The minimum Gasteiger partial charge on any atom is -0.497 e. The standard InChI is InChI=1S/C17H14BrN3O3S/c1-23-14-8-2-11(3-9-14)16-20-17(21-24-16)25-10-15(22)19-13-6-4-12(18)5-7-13/h2-9H,10H2,1H3,(H,19,22). The summed E-state index contributed by atoms with van der Waals surface area (Å²) in [4.78, 5) is 16.3. The molecule has 0 bridgehead atoms. The van der Waals surface area contributed by atoms with Crippen LogP contribution < -0.4 is 10.1 Å². The van der Waals surface area contributed by atoms with E-state index in [2.05, 4.69) is 31.4 Å². The molecule has 0 unspecified atom stereocenters. The number of thioether (sulfide) groups is 1. The topological polar surface area (TPSA) is 77.2 Å². The lowest BCUT2D eigenvalue weighted by Gasteiger charge is -2.03.